The Morgan fingerprint density at radius 1 is 1.40 bits per heavy atom. The maximum Gasteiger partial charge on any atom is 0.427 e. The van der Waals surface area contributed by atoms with Crippen LogP contribution in [-0.4, -0.2) is 18.9 Å². The van der Waals surface area contributed by atoms with E-state index in [0.717, 1.165) is 0 Å². The molecule has 2 rings (SSSR count). The van der Waals surface area contributed by atoms with Crippen LogP contribution in [0.15, 0.2) is 45.9 Å². The minimum atomic E-state index is -0.648. The van der Waals surface area contributed by atoms with Crippen LogP contribution in [0.4, 0.5) is 9.18 Å². The average molecular weight is 276 g/mol. The van der Waals surface area contributed by atoms with Crippen LogP contribution in [0.1, 0.15) is 12.7 Å². The van der Waals surface area contributed by atoms with Crippen molar-refractivity contribution < 1.29 is 18.3 Å². The zero-order chi connectivity index (χ0) is 14.4. The Kier molecular flexibility index (Phi) is 4.49. The number of carbonyl (C=O) groups is 1. The summed E-state index contributed by atoms with van der Waals surface area (Å²) in [5.41, 5.74) is 2.53. The van der Waals surface area contributed by atoms with Crippen LogP contribution >= 0.6 is 0 Å². The summed E-state index contributed by atoms with van der Waals surface area (Å²) in [7, 11) is 0. The highest BCUT2D eigenvalue weighted by Gasteiger charge is 2.08. The molecule has 104 valence electrons. The fourth-order valence-corrected chi connectivity index (χ4v) is 1.54. The Hall–Kier alpha value is -2.63. The van der Waals surface area contributed by atoms with Crippen molar-refractivity contribution in [2.24, 2.45) is 5.10 Å². The van der Waals surface area contributed by atoms with Gasteiger partial charge < -0.3 is 9.15 Å². The molecule has 0 aliphatic carbocycles. The third kappa shape index (κ3) is 3.44. The van der Waals surface area contributed by atoms with Gasteiger partial charge in [-0.25, -0.2) is 14.6 Å². The van der Waals surface area contributed by atoms with E-state index in [1.54, 1.807) is 37.3 Å². The number of nitrogens with one attached hydrogen (secondary N) is 1. The molecule has 1 aromatic carbocycles. The van der Waals surface area contributed by atoms with Gasteiger partial charge in [0.15, 0.2) is 0 Å². The van der Waals surface area contributed by atoms with Gasteiger partial charge in [0.1, 0.15) is 17.3 Å². The predicted octanol–water partition coefficient (Wildman–Crippen LogP) is 3.17. The average Bonchev–Trinajstić information content (AvgIpc) is 2.88. The Balaban J connectivity index is 2.05. The highest BCUT2D eigenvalue weighted by atomic mass is 19.1. The largest absolute Gasteiger partial charge is 0.455 e. The Morgan fingerprint density at radius 2 is 2.20 bits per heavy atom. The number of hydrogen-bond donors (Lipinski definition) is 1. The lowest BCUT2D eigenvalue weighted by atomic mass is 10.1. The molecule has 1 heterocycles. The topological polar surface area (TPSA) is 63.8 Å². The van der Waals surface area contributed by atoms with Gasteiger partial charge in [-0.3, -0.25) is 0 Å². The van der Waals surface area contributed by atoms with Crippen molar-refractivity contribution in [2.45, 2.75) is 6.92 Å². The second-order valence-electron chi connectivity index (χ2n) is 3.77. The van der Waals surface area contributed by atoms with Crippen molar-refractivity contribution in [1.29, 1.82) is 0 Å². The first-order valence-corrected chi connectivity index (χ1v) is 6.01. The molecule has 0 radical (unpaired) electrons. The van der Waals surface area contributed by atoms with Crippen LogP contribution < -0.4 is 5.43 Å². The van der Waals surface area contributed by atoms with Crippen molar-refractivity contribution in [2.75, 3.05) is 6.61 Å². The van der Waals surface area contributed by atoms with Gasteiger partial charge in [0.25, 0.3) is 0 Å². The van der Waals surface area contributed by atoms with Crippen LogP contribution in [0, 0.1) is 5.82 Å². The third-order valence-electron chi connectivity index (χ3n) is 2.39. The smallest absolute Gasteiger partial charge is 0.427 e. The molecule has 0 unspecified atom stereocenters. The lowest BCUT2D eigenvalue weighted by Crippen LogP contribution is -2.18. The molecular weight excluding hydrogens is 263 g/mol. The molecular formula is C14H13FN2O3. The maximum atomic E-state index is 13.6. The van der Waals surface area contributed by atoms with E-state index < -0.39 is 6.09 Å². The number of furan rings is 1. The molecule has 0 spiro atoms. The number of nitrogens with zero attached hydrogens (tertiary/aromatic N) is 1. The highest BCUT2D eigenvalue weighted by molar-refractivity contribution is 5.79. The Bertz CT molecular complexity index is 622. The Labute approximate surface area is 115 Å². The van der Waals surface area contributed by atoms with Crippen molar-refractivity contribution in [3.05, 3.63) is 48.0 Å². The molecule has 0 saturated heterocycles. The van der Waals surface area contributed by atoms with Crippen molar-refractivity contribution in [1.82, 2.24) is 5.43 Å². The van der Waals surface area contributed by atoms with Crippen molar-refractivity contribution >= 4 is 12.3 Å². The van der Waals surface area contributed by atoms with E-state index in [0.29, 0.717) is 17.1 Å². The fourth-order valence-electron chi connectivity index (χ4n) is 1.54. The minimum absolute atomic E-state index is 0.263. The van der Waals surface area contributed by atoms with E-state index >= 15 is 0 Å². The van der Waals surface area contributed by atoms with Crippen LogP contribution in [-0.2, 0) is 4.74 Å². The second-order valence-corrected chi connectivity index (χ2v) is 3.77. The zero-order valence-corrected chi connectivity index (χ0v) is 10.8. The summed E-state index contributed by atoms with van der Waals surface area (Å²) < 4.78 is 23.6. The summed E-state index contributed by atoms with van der Waals surface area (Å²) in [5.74, 6) is 0.413. The number of hydrogen-bond acceptors (Lipinski definition) is 4. The quantitative estimate of drug-likeness (QED) is 0.689. The van der Waals surface area contributed by atoms with E-state index in [4.69, 9.17) is 4.42 Å². The fraction of sp³-hybridized carbons (Fsp3) is 0.143. The summed E-state index contributed by atoms with van der Waals surface area (Å²) in [6.45, 7) is 1.95. The summed E-state index contributed by atoms with van der Waals surface area (Å²) >= 11 is 0. The van der Waals surface area contributed by atoms with Gasteiger partial charge in [0, 0.05) is 0 Å². The van der Waals surface area contributed by atoms with Crippen LogP contribution in [0.25, 0.3) is 11.3 Å². The molecule has 0 aliphatic heterocycles. The van der Waals surface area contributed by atoms with Crippen LogP contribution in [0.3, 0.4) is 0 Å². The van der Waals surface area contributed by atoms with Gasteiger partial charge >= 0.3 is 6.09 Å². The standard InChI is InChI=1S/C14H13FN2O3/c1-2-19-14(18)17-16-9-10-7-8-13(20-10)11-5-3-4-6-12(11)15/h3-9H,2H2,1H3,(H,17,18)/b16-9-. The molecule has 20 heavy (non-hydrogen) atoms. The SMILES string of the molecule is CCOC(=O)N/N=C\c1ccc(-c2ccccc2F)o1. The van der Waals surface area contributed by atoms with Gasteiger partial charge in [0.05, 0.1) is 18.4 Å². The molecule has 1 aromatic heterocycles. The molecule has 6 heteroatoms. The minimum Gasteiger partial charge on any atom is -0.455 e. The van der Waals surface area contributed by atoms with E-state index in [9.17, 15) is 9.18 Å². The van der Waals surface area contributed by atoms with Gasteiger partial charge in [-0.05, 0) is 31.2 Å². The second kappa shape index (κ2) is 6.51. The van der Waals surface area contributed by atoms with Gasteiger partial charge in [-0.1, -0.05) is 12.1 Å². The molecule has 1 N–H and O–H groups in total. The third-order valence-corrected chi connectivity index (χ3v) is 2.39. The monoisotopic (exact) mass is 276 g/mol. The molecule has 0 aliphatic rings. The highest BCUT2D eigenvalue weighted by Crippen LogP contribution is 2.24. The lowest BCUT2D eigenvalue weighted by Gasteiger charge is -1.98. The maximum absolute atomic E-state index is 13.6. The molecule has 0 fully saturated rings. The van der Waals surface area contributed by atoms with Gasteiger partial charge in [-0.2, -0.15) is 5.10 Å². The number of hydrazone groups is 1. The first-order chi connectivity index (χ1) is 9.70. The van der Waals surface area contributed by atoms with Gasteiger partial charge in [-0.15, -0.1) is 0 Å². The number of ether oxygens (including phenoxy) is 1. The normalized spacial score (nSPS) is 10.7. The summed E-state index contributed by atoms with van der Waals surface area (Å²) in [6.07, 6.45) is 0.658. The van der Waals surface area contributed by atoms with E-state index in [1.165, 1.54) is 12.3 Å². The molecule has 1 amide bonds. The summed E-state index contributed by atoms with van der Waals surface area (Å²) in [5, 5.41) is 3.65. The number of amides is 1. The number of carbonyl (C=O) groups excluding carboxylic acids is 1. The lowest BCUT2D eigenvalue weighted by molar-refractivity contribution is 0.152. The summed E-state index contributed by atoms with van der Waals surface area (Å²) in [4.78, 5) is 11.0. The Morgan fingerprint density at radius 3 is 2.95 bits per heavy atom. The van der Waals surface area contributed by atoms with E-state index in [-0.39, 0.29) is 12.4 Å². The number of halogens is 1. The number of benzene rings is 1. The molecule has 2 aromatic rings. The first kappa shape index (κ1) is 13.8. The van der Waals surface area contributed by atoms with Gasteiger partial charge in [0.2, 0.25) is 0 Å². The zero-order valence-electron chi connectivity index (χ0n) is 10.8. The van der Waals surface area contributed by atoms with Crippen molar-refractivity contribution in [3.8, 4) is 11.3 Å². The molecule has 5 nitrogen and oxygen atoms in total. The first-order valence-electron chi connectivity index (χ1n) is 6.01. The van der Waals surface area contributed by atoms with E-state index in [2.05, 4.69) is 15.3 Å². The van der Waals surface area contributed by atoms with E-state index in [1.807, 2.05) is 0 Å². The molecule has 0 bridgehead atoms. The van der Waals surface area contributed by atoms with Crippen LogP contribution in [0.2, 0.25) is 0 Å². The summed E-state index contributed by atoms with van der Waals surface area (Å²) in [6, 6.07) is 9.55. The van der Waals surface area contributed by atoms with Crippen molar-refractivity contribution in [3.63, 3.8) is 0 Å². The molecule has 0 saturated carbocycles. The van der Waals surface area contributed by atoms with Crippen LogP contribution in [0.5, 0.6) is 0 Å². The molecule has 0 atom stereocenters. The number of rotatable bonds is 4. The predicted molar refractivity (Wildman–Crippen MR) is 71.9 cm³/mol.